The quantitative estimate of drug-likeness (QED) is 0.377. The predicted molar refractivity (Wildman–Crippen MR) is 143 cm³/mol. The van der Waals surface area contributed by atoms with Gasteiger partial charge < -0.3 is 9.64 Å². The molecule has 0 aromatic heterocycles. The van der Waals surface area contributed by atoms with Crippen molar-refractivity contribution in [2.24, 2.45) is 21.7 Å². The van der Waals surface area contributed by atoms with E-state index in [0.29, 0.717) is 11.5 Å². The first kappa shape index (κ1) is 27.7. The lowest BCUT2D eigenvalue weighted by molar-refractivity contribution is -0.133. The van der Waals surface area contributed by atoms with Gasteiger partial charge in [0.05, 0.1) is 17.7 Å². The summed E-state index contributed by atoms with van der Waals surface area (Å²) in [7, 11) is 0. The number of aliphatic imine (C=N–C) groups is 1. The highest BCUT2D eigenvalue weighted by Crippen LogP contribution is 2.50. The van der Waals surface area contributed by atoms with Gasteiger partial charge in [0.2, 0.25) is 0 Å². The molecular formula is C29H43ClN2O3. The Bertz CT molecular complexity index is 946. The summed E-state index contributed by atoms with van der Waals surface area (Å²) in [5, 5.41) is 0.0945. The fourth-order valence-electron chi connectivity index (χ4n) is 5.44. The Hall–Kier alpha value is -1.88. The molecule has 0 saturated heterocycles. The van der Waals surface area contributed by atoms with Gasteiger partial charge in [-0.1, -0.05) is 65.3 Å². The van der Waals surface area contributed by atoms with Gasteiger partial charge in [-0.3, -0.25) is 4.79 Å². The van der Waals surface area contributed by atoms with Gasteiger partial charge in [0.25, 0.3) is 5.91 Å². The lowest BCUT2D eigenvalue weighted by Gasteiger charge is -2.47. The summed E-state index contributed by atoms with van der Waals surface area (Å²) in [6.45, 7) is 17.2. The van der Waals surface area contributed by atoms with Gasteiger partial charge in [-0.15, -0.1) is 0 Å². The SMILES string of the molecule is CC(C)OC(=O)c1ccc(C(CCC(C)(C)C)N2C(=O)C(Cl)=NC23CCC(C(C)(C)C)CC3)cc1. The van der Waals surface area contributed by atoms with E-state index in [1.54, 1.807) is 12.1 Å². The van der Waals surface area contributed by atoms with E-state index < -0.39 is 5.66 Å². The first-order chi connectivity index (χ1) is 16.1. The number of amides is 1. The summed E-state index contributed by atoms with van der Waals surface area (Å²) in [5.74, 6) is 0.0837. The second-order valence-electron chi connectivity index (χ2n) is 12.9. The van der Waals surface area contributed by atoms with Gasteiger partial charge in [-0.2, -0.15) is 0 Å². The number of rotatable bonds is 6. The normalized spacial score (nSPS) is 24.2. The minimum Gasteiger partial charge on any atom is -0.459 e. The van der Waals surface area contributed by atoms with E-state index in [4.69, 9.17) is 21.3 Å². The average molecular weight is 503 g/mol. The molecule has 0 radical (unpaired) electrons. The third-order valence-electron chi connectivity index (χ3n) is 7.51. The minimum atomic E-state index is -0.590. The molecule has 1 aliphatic carbocycles. The average Bonchev–Trinajstić information content (AvgIpc) is 2.97. The van der Waals surface area contributed by atoms with Crippen LogP contribution in [0.1, 0.15) is 116 Å². The number of carbonyl (C=O) groups is 2. The number of halogens is 1. The fourth-order valence-corrected chi connectivity index (χ4v) is 5.69. The molecule has 1 amide bonds. The molecule has 5 nitrogen and oxygen atoms in total. The summed E-state index contributed by atoms with van der Waals surface area (Å²) in [4.78, 5) is 32.6. The van der Waals surface area contributed by atoms with E-state index >= 15 is 0 Å². The zero-order chi connectivity index (χ0) is 26.2. The summed E-state index contributed by atoms with van der Waals surface area (Å²) in [6, 6.07) is 7.35. The number of carbonyl (C=O) groups excluding carboxylic acids is 2. The van der Waals surface area contributed by atoms with Gasteiger partial charge in [-0.05, 0) is 86.8 Å². The Labute approximate surface area is 216 Å². The lowest BCUT2D eigenvalue weighted by atomic mass is 9.69. The Morgan fingerprint density at radius 2 is 1.69 bits per heavy atom. The highest BCUT2D eigenvalue weighted by Gasteiger charge is 2.52. The van der Waals surface area contributed by atoms with Crippen LogP contribution in [0.25, 0.3) is 0 Å². The zero-order valence-corrected chi connectivity index (χ0v) is 23.5. The number of hydrogen-bond donors (Lipinski definition) is 0. The number of nitrogens with zero attached hydrogens (tertiary/aromatic N) is 2. The summed E-state index contributed by atoms with van der Waals surface area (Å²) in [5.41, 5.74) is 1.27. The van der Waals surface area contributed by atoms with Gasteiger partial charge in [0, 0.05) is 0 Å². The molecule has 3 rings (SSSR count). The topological polar surface area (TPSA) is 59.0 Å². The van der Waals surface area contributed by atoms with Crippen molar-refractivity contribution in [1.29, 1.82) is 0 Å². The molecule has 1 unspecified atom stereocenters. The van der Waals surface area contributed by atoms with Gasteiger partial charge in [-0.25, -0.2) is 9.79 Å². The van der Waals surface area contributed by atoms with Crippen molar-refractivity contribution in [1.82, 2.24) is 4.90 Å². The van der Waals surface area contributed by atoms with E-state index in [-0.39, 0.29) is 40.0 Å². The molecule has 1 aromatic carbocycles. The number of hydrogen-bond acceptors (Lipinski definition) is 4. The van der Waals surface area contributed by atoms with Gasteiger partial charge in [0.15, 0.2) is 5.17 Å². The van der Waals surface area contributed by atoms with Crippen LogP contribution in [-0.2, 0) is 9.53 Å². The van der Waals surface area contributed by atoms with Crippen molar-refractivity contribution < 1.29 is 14.3 Å². The molecule has 2 aliphatic rings. The van der Waals surface area contributed by atoms with Crippen LogP contribution in [-0.4, -0.2) is 33.7 Å². The Balaban J connectivity index is 1.95. The Morgan fingerprint density at radius 3 is 2.17 bits per heavy atom. The maximum Gasteiger partial charge on any atom is 0.338 e. The Kier molecular flexibility index (Phi) is 8.10. The third kappa shape index (κ3) is 6.47. The first-order valence-electron chi connectivity index (χ1n) is 13.0. The molecule has 1 saturated carbocycles. The van der Waals surface area contributed by atoms with E-state index in [1.807, 2.05) is 30.9 Å². The standard InChI is InChI=1S/C29H43ClN2O3/c1-19(2)35-26(34)21-11-9-20(10-12-21)23(15-16-27(3,4)5)32-25(33)24(30)31-29(32)17-13-22(14-18-29)28(6,7)8/h9-12,19,22-23H,13-18H2,1-8H3. The molecule has 1 spiro atoms. The van der Waals surface area contributed by atoms with E-state index in [9.17, 15) is 9.59 Å². The van der Waals surface area contributed by atoms with E-state index in [0.717, 1.165) is 44.1 Å². The number of esters is 1. The van der Waals surface area contributed by atoms with Crippen molar-refractivity contribution in [3.63, 3.8) is 0 Å². The molecule has 0 bridgehead atoms. The van der Waals surface area contributed by atoms with Crippen LogP contribution >= 0.6 is 11.6 Å². The van der Waals surface area contributed by atoms with Gasteiger partial charge >= 0.3 is 5.97 Å². The van der Waals surface area contributed by atoms with Crippen molar-refractivity contribution >= 4 is 28.6 Å². The minimum absolute atomic E-state index is 0.0945. The van der Waals surface area contributed by atoms with Crippen LogP contribution in [0.2, 0.25) is 0 Å². The molecule has 1 fully saturated rings. The van der Waals surface area contributed by atoms with Crippen LogP contribution in [0.15, 0.2) is 29.3 Å². The number of benzene rings is 1. The van der Waals surface area contributed by atoms with Crippen molar-refractivity contribution in [3.8, 4) is 0 Å². The van der Waals surface area contributed by atoms with Crippen LogP contribution in [0.5, 0.6) is 0 Å². The maximum atomic E-state index is 13.5. The third-order valence-corrected chi connectivity index (χ3v) is 7.76. The molecule has 1 aliphatic heterocycles. The predicted octanol–water partition coefficient (Wildman–Crippen LogP) is 7.53. The maximum absolute atomic E-state index is 13.5. The highest BCUT2D eigenvalue weighted by molar-refractivity contribution is 6.83. The van der Waals surface area contributed by atoms with E-state index in [2.05, 4.69) is 41.5 Å². The molecule has 194 valence electrons. The fraction of sp³-hybridized carbons (Fsp3) is 0.690. The lowest BCUT2D eigenvalue weighted by Crippen LogP contribution is -2.51. The van der Waals surface area contributed by atoms with Crippen LogP contribution in [0, 0.1) is 16.7 Å². The molecule has 6 heteroatoms. The second kappa shape index (κ2) is 10.2. The molecule has 1 aromatic rings. The van der Waals surface area contributed by atoms with Crippen molar-refractivity contribution in [2.45, 2.75) is 112 Å². The smallest absolute Gasteiger partial charge is 0.338 e. The molecule has 35 heavy (non-hydrogen) atoms. The largest absolute Gasteiger partial charge is 0.459 e. The highest BCUT2D eigenvalue weighted by atomic mass is 35.5. The Morgan fingerprint density at radius 1 is 1.11 bits per heavy atom. The van der Waals surface area contributed by atoms with Crippen LogP contribution in [0.4, 0.5) is 0 Å². The van der Waals surface area contributed by atoms with Crippen molar-refractivity contribution in [3.05, 3.63) is 35.4 Å². The summed E-state index contributed by atoms with van der Waals surface area (Å²) in [6.07, 6.45) is 5.25. The van der Waals surface area contributed by atoms with E-state index in [1.165, 1.54) is 0 Å². The van der Waals surface area contributed by atoms with Crippen LogP contribution in [0.3, 0.4) is 0 Å². The van der Waals surface area contributed by atoms with Crippen molar-refractivity contribution in [2.75, 3.05) is 0 Å². The van der Waals surface area contributed by atoms with Crippen LogP contribution < -0.4 is 0 Å². The van der Waals surface area contributed by atoms with Gasteiger partial charge in [0.1, 0.15) is 5.66 Å². The first-order valence-corrected chi connectivity index (χ1v) is 13.4. The molecule has 0 N–H and O–H groups in total. The zero-order valence-electron chi connectivity index (χ0n) is 22.8. The summed E-state index contributed by atoms with van der Waals surface area (Å²) >= 11 is 6.44. The molecule has 1 heterocycles. The molecule has 1 atom stereocenters. The molecular weight excluding hydrogens is 460 g/mol. The number of ether oxygens (including phenoxy) is 1. The monoisotopic (exact) mass is 502 g/mol. The second-order valence-corrected chi connectivity index (χ2v) is 13.2. The summed E-state index contributed by atoms with van der Waals surface area (Å²) < 4.78 is 5.35.